The van der Waals surface area contributed by atoms with Gasteiger partial charge >= 0.3 is 5.97 Å². The molecule has 2 saturated heterocycles. The zero-order valence-corrected chi connectivity index (χ0v) is 15.1. The summed E-state index contributed by atoms with van der Waals surface area (Å²) >= 11 is 0. The van der Waals surface area contributed by atoms with Crippen LogP contribution in [0.15, 0.2) is 4.99 Å². The highest BCUT2D eigenvalue weighted by Gasteiger charge is 2.54. The van der Waals surface area contributed by atoms with Gasteiger partial charge in [0.05, 0.1) is 6.61 Å². The second-order valence-electron chi connectivity index (χ2n) is 6.93. The van der Waals surface area contributed by atoms with Crippen LogP contribution in [-0.2, 0) is 23.7 Å². The van der Waals surface area contributed by atoms with Crippen LogP contribution in [-0.4, -0.2) is 110 Å². The summed E-state index contributed by atoms with van der Waals surface area (Å²) in [5.74, 6) is -1.18. The van der Waals surface area contributed by atoms with Gasteiger partial charge in [-0.05, 0) is 6.42 Å². The molecule has 0 aromatic heterocycles. The lowest BCUT2D eigenvalue weighted by Crippen LogP contribution is -2.64. The van der Waals surface area contributed by atoms with Crippen molar-refractivity contribution in [3.8, 4) is 0 Å². The van der Waals surface area contributed by atoms with Crippen LogP contribution in [0.25, 0.3) is 0 Å². The van der Waals surface area contributed by atoms with Crippen LogP contribution < -0.4 is 0 Å². The molecule has 0 spiro atoms. The number of hydrogen-bond donors (Lipinski definition) is 6. The third kappa shape index (κ3) is 3.86. The van der Waals surface area contributed by atoms with Gasteiger partial charge in [-0.25, -0.2) is 9.79 Å². The molecular formula is C16H25NO11. The van der Waals surface area contributed by atoms with Gasteiger partial charge in [0, 0.05) is 6.42 Å². The van der Waals surface area contributed by atoms with Gasteiger partial charge in [0.25, 0.3) is 0 Å². The zero-order chi connectivity index (χ0) is 20.6. The van der Waals surface area contributed by atoms with E-state index >= 15 is 0 Å². The topological polar surface area (TPSA) is 188 Å². The molecule has 2 fully saturated rings. The predicted molar refractivity (Wildman–Crippen MR) is 88.2 cm³/mol. The molecule has 0 aromatic carbocycles. The van der Waals surface area contributed by atoms with Gasteiger partial charge in [0.15, 0.2) is 18.3 Å². The van der Waals surface area contributed by atoms with Gasteiger partial charge in [0.1, 0.15) is 42.7 Å². The van der Waals surface area contributed by atoms with Crippen molar-refractivity contribution in [2.24, 2.45) is 4.99 Å². The van der Waals surface area contributed by atoms with E-state index in [2.05, 4.69) is 4.99 Å². The fourth-order valence-corrected chi connectivity index (χ4v) is 3.43. The van der Waals surface area contributed by atoms with Crippen LogP contribution in [0.4, 0.5) is 0 Å². The van der Waals surface area contributed by atoms with Crippen molar-refractivity contribution in [1.29, 1.82) is 0 Å². The SMILES string of the molecule is CCCC1=N[C@H]2[C@@H](O1)O[C@H](CO)[C@H](O)[C@@H]2O[C@@H]1O[C@H](C(=O)O)[C@@H](O)[C@H](O)[C@H]1O. The summed E-state index contributed by atoms with van der Waals surface area (Å²) < 4.78 is 21.8. The highest BCUT2D eigenvalue weighted by molar-refractivity contribution is 5.78. The van der Waals surface area contributed by atoms with Gasteiger partial charge < -0.3 is 49.6 Å². The third-order valence-electron chi connectivity index (χ3n) is 4.94. The lowest BCUT2D eigenvalue weighted by molar-refractivity contribution is -0.331. The molecule has 0 saturated carbocycles. The number of carboxylic acids is 1. The Balaban J connectivity index is 1.81. The second-order valence-corrected chi connectivity index (χ2v) is 6.93. The average Bonchev–Trinajstić information content (AvgIpc) is 3.06. The molecule has 12 nitrogen and oxygen atoms in total. The first-order valence-electron chi connectivity index (χ1n) is 9.04. The molecule has 3 heterocycles. The maximum Gasteiger partial charge on any atom is 0.335 e. The molecule has 12 heteroatoms. The first-order chi connectivity index (χ1) is 13.3. The van der Waals surface area contributed by atoms with Crippen LogP contribution >= 0.6 is 0 Å². The summed E-state index contributed by atoms with van der Waals surface area (Å²) in [4.78, 5) is 15.6. The number of aliphatic carboxylic acids is 1. The van der Waals surface area contributed by atoms with Gasteiger partial charge in [0.2, 0.25) is 6.29 Å². The minimum Gasteiger partial charge on any atom is -0.479 e. The van der Waals surface area contributed by atoms with Crippen LogP contribution in [0.2, 0.25) is 0 Å². The number of carbonyl (C=O) groups is 1. The predicted octanol–water partition coefficient (Wildman–Crippen LogP) is -3.06. The van der Waals surface area contributed by atoms with E-state index in [0.717, 1.165) is 6.42 Å². The Morgan fingerprint density at radius 2 is 1.82 bits per heavy atom. The summed E-state index contributed by atoms with van der Waals surface area (Å²) in [5.41, 5.74) is 0. The molecule has 6 N–H and O–H groups in total. The number of rotatable bonds is 6. The molecule has 0 radical (unpaired) electrons. The number of carboxylic acid groups (broad SMARTS) is 1. The van der Waals surface area contributed by atoms with E-state index in [1.54, 1.807) is 0 Å². The molecule has 160 valence electrons. The molecule has 0 amide bonds. The van der Waals surface area contributed by atoms with Crippen molar-refractivity contribution >= 4 is 11.9 Å². The van der Waals surface area contributed by atoms with E-state index in [0.29, 0.717) is 12.3 Å². The Morgan fingerprint density at radius 1 is 1.11 bits per heavy atom. The van der Waals surface area contributed by atoms with Gasteiger partial charge in [-0.2, -0.15) is 0 Å². The average molecular weight is 407 g/mol. The van der Waals surface area contributed by atoms with Crippen LogP contribution in [0.5, 0.6) is 0 Å². The Labute approximate surface area is 159 Å². The fourth-order valence-electron chi connectivity index (χ4n) is 3.43. The zero-order valence-electron chi connectivity index (χ0n) is 15.1. The van der Waals surface area contributed by atoms with Crippen LogP contribution in [0.3, 0.4) is 0 Å². The van der Waals surface area contributed by atoms with E-state index < -0.39 is 73.9 Å². The molecule has 0 bridgehead atoms. The van der Waals surface area contributed by atoms with Crippen molar-refractivity contribution in [2.75, 3.05) is 6.61 Å². The quantitative estimate of drug-likeness (QED) is 0.262. The minimum absolute atomic E-state index is 0.376. The molecule has 0 aromatic rings. The molecule has 0 unspecified atom stereocenters. The molecule has 3 aliphatic rings. The lowest BCUT2D eigenvalue weighted by atomic mass is 9.96. The van der Waals surface area contributed by atoms with E-state index in [9.17, 15) is 30.3 Å². The molecule has 3 rings (SSSR count). The maximum absolute atomic E-state index is 11.2. The number of fused-ring (bicyclic) bond motifs is 1. The number of ether oxygens (including phenoxy) is 4. The third-order valence-corrected chi connectivity index (χ3v) is 4.94. The van der Waals surface area contributed by atoms with E-state index in [4.69, 9.17) is 24.1 Å². The Hall–Kier alpha value is -1.38. The number of aliphatic imine (C=N–C) groups is 1. The molecule has 10 atom stereocenters. The number of hydrogen-bond acceptors (Lipinski definition) is 11. The lowest BCUT2D eigenvalue weighted by Gasteiger charge is -2.44. The van der Waals surface area contributed by atoms with Crippen molar-refractivity contribution < 1.29 is 54.4 Å². The molecule has 3 aliphatic heterocycles. The van der Waals surface area contributed by atoms with Crippen molar-refractivity contribution in [3.63, 3.8) is 0 Å². The number of nitrogens with zero attached hydrogens (tertiary/aromatic N) is 1. The minimum atomic E-state index is -1.87. The Kier molecular flexibility index (Phi) is 6.51. The normalized spacial score (nSPS) is 45.9. The van der Waals surface area contributed by atoms with Crippen molar-refractivity contribution in [2.45, 2.75) is 81.1 Å². The summed E-state index contributed by atoms with van der Waals surface area (Å²) in [5, 5.41) is 58.9. The Morgan fingerprint density at radius 3 is 2.43 bits per heavy atom. The largest absolute Gasteiger partial charge is 0.479 e. The summed E-state index contributed by atoms with van der Waals surface area (Å²) in [6, 6.07) is -0.859. The van der Waals surface area contributed by atoms with Gasteiger partial charge in [-0.3, -0.25) is 0 Å². The van der Waals surface area contributed by atoms with Gasteiger partial charge in [-0.1, -0.05) is 6.92 Å². The smallest absolute Gasteiger partial charge is 0.335 e. The van der Waals surface area contributed by atoms with E-state index in [-0.39, 0.29) is 0 Å². The standard InChI is InChI=1S/C16H25NO11/c1-2-3-6-17-7-12(8(19)5(4-18)25-15(7)26-6)27-16-11(22)9(20)10(21)13(28-16)14(23)24/h5,7-13,15-16,18-22H,2-4H2,1H3,(H,23,24)/t5-,7-,8+,9+,10+,11-,12-,13+,15-,16-/m1/s1. The fraction of sp³-hybridized carbons (Fsp3) is 0.875. The van der Waals surface area contributed by atoms with E-state index in [1.165, 1.54) is 0 Å². The van der Waals surface area contributed by atoms with Crippen molar-refractivity contribution in [3.05, 3.63) is 0 Å². The van der Waals surface area contributed by atoms with Crippen LogP contribution in [0, 0.1) is 0 Å². The monoisotopic (exact) mass is 407 g/mol. The highest BCUT2D eigenvalue weighted by Crippen LogP contribution is 2.34. The first-order valence-corrected chi connectivity index (χ1v) is 9.04. The highest BCUT2D eigenvalue weighted by atomic mass is 16.7. The van der Waals surface area contributed by atoms with E-state index in [1.807, 2.05) is 6.92 Å². The summed E-state index contributed by atoms with van der Waals surface area (Å²) in [6.45, 7) is 1.36. The summed E-state index contributed by atoms with van der Waals surface area (Å²) in [7, 11) is 0. The van der Waals surface area contributed by atoms with Gasteiger partial charge in [-0.15, -0.1) is 0 Å². The summed E-state index contributed by atoms with van der Waals surface area (Å²) in [6.07, 6.45) is -12.4. The number of aliphatic hydroxyl groups is 5. The Bertz CT molecular complexity index is 601. The number of aliphatic hydroxyl groups excluding tert-OH is 5. The van der Waals surface area contributed by atoms with Crippen molar-refractivity contribution in [1.82, 2.24) is 0 Å². The van der Waals surface area contributed by atoms with Crippen LogP contribution in [0.1, 0.15) is 19.8 Å². The molecule has 0 aliphatic carbocycles. The molecular weight excluding hydrogens is 382 g/mol. The second kappa shape index (κ2) is 8.55. The first kappa shape index (κ1) is 21.3. The maximum atomic E-state index is 11.2. The molecule has 28 heavy (non-hydrogen) atoms.